The van der Waals surface area contributed by atoms with E-state index in [1.165, 1.54) is 0 Å². The lowest BCUT2D eigenvalue weighted by Gasteiger charge is -2.35. The van der Waals surface area contributed by atoms with E-state index in [4.69, 9.17) is 4.74 Å². The second-order valence-electron chi connectivity index (χ2n) is 8.08. The Morgan fingerprint density at radius 2 is 1.97 bits per heavy atom. The normalized spacial score (nSPS) is 19.0. The average Bonchev–Trinajstić information content (AvgIpc) is 2.69. The Labute approximate surface area is 178 Å². The molecule has 0 aliphatic carbocycles. The first kappa shape index (κ1) is 21.9. The number of rotatable bonds is 6. The van der Waals surface area contributed by atoms with Gasteiger partial charge in [-0.3, -0.25) is 19.5 Å². The van der Waals surface area contributed by atoms with Crippen LogP contribution in [-0.4, -0.2) is 65.5 Å². The number of aryl methyl sites for hydroxylation is 1. The SMILES string of the molecule is Cc1ccc(C(=O)N2C[C@@H](C)O[C@@H](C)C2)cc1NC(=O)CN(C)Cc1cccnc1. The van der Waals surface area contributed by atoms with E-state index in [-0.39, 0.29) is 30.6 Å². The molecule has 1 aliphatic rings. The zero-order chi connectivity index (χ0) is 21.7. The number of carbonyl (C=O) groups is 2. The number of nitrogens with one attached hydrogen (secondary N) is 1. The van der Waals surface area contributed by atoms with E-state index in [1.807, 2.05) is 61.9 Å². The molecule has 0 bridgehead atoms. The standard InChI is InChI=1S/C23H30N4O3/c1-16-7-8-20(23(29)27-12-17(2)30-18(3)13-27)10-21(16)25-22(28)15-26(4)14-19-6-5-9-24-11-19/h5-11,17-18H,12-15H2,1-4H3,(H,25,28)/t17-,18+. The molecule has 0 spiro atoms. The minimum absolute atomic E-state index is 0.0117. The number of ether oxygens (including phenoxy) is 1. The van der Waals surface area contributed by atoms with Crippen LogP contribution in [-0.2, 0) is 16.1 Å². The molecule has 0 unspecified atom stereocenters. The number of aromatic nitrogens is 1. The Morgan fingerprint density at radius 3 is 2.63 bits per heavy atom. The van der Waals surface area contributed by atoms with E-state index in [9.17, 15) is 9.59 Å². The molecule has 1 fully saturated rings. The fraction of sp³-hybridized carbons (Fsp3) is 0.435. The van der Waals surface area contributed by atoms with E-state index < -0.39 is 0 Å². The molecular formula is C23H30N4O3. The molecule has 7 heteroatoms. The van der Waals surface area contributed by atoms with Crippen molar-refractivity contribution in [3.8, 4) is 0 Å². The Balaban J connectivity index is 1.63. The van der Waals surface area contributed by atoms with Crippen LogP contribution < -0.4 is 5.32 Å². The van der Waals surface area contributed by atoms with Crippen molar-refractivity contribution in [2.75, 3.05) is 32.0 Å². The van der Waals surface area contributed by atoms with Crippen molar-refractivity contribution in [2.45, 2.75) is 39.5 Å². The molecule has 2 aromatic rings. The van der Waals surface area contributed by atoms with Crippen molar-refractivity contribution >= 4 is 17.5 Å². The minimum Gasteiger partial charge on any atom is -0.372 e. The second kappa shape index (κ2) is 9.82. The number of hydrogen-bond acceptors (Lipinski definition) is 5. The molecule has 0 radical (unpaired) electrons. The second-order valence-corrected chi connectivity index (χ2v) is 8.08. The summed E-state index contributed by atoms with van der Waals surface area (Å²) in [4.78, 5) is 33.4. The summed E-state index contributed by atoms with van der Waals surface area (Å²) in [6, 6.07) is 9.31. The molecule has 1 aromatic heterocycles. The first-order valence-electron chi connectivity index (χ1n) is 10.2. The van der Waals surface area contributed by atoms with Gasteiger partial charge in [0.15, 0.2) is 0 Å². The maximum atomic E-state index is 13.0. The van der Waals surface area contributed by atoms with Crippen molar-refractivity contribution in [3.05, 3.63) is 59.4 Å². The van der Waals surface area contributed by atoms with Gasteiger partial charge in [0.05, 0.1) is 18.8 Å². The molecule has 2 heterocycles. The summed E-state index contributed by atoms with van der Waals surface area (Å²) in [5.74, 6) is -0.163. The molecule has 1 aromatic carbocycles. The number of carbonyl (C=O) groups excluding carboxylic acids is 2. The number of benzene rings is 1. The van der Waals surface area contributed by atoms with Crippen LogP contribution in [0.5, 0.6) is 0 Å². The van der Waals surface area contributed by atoms with E-state index >= 15 is 0 Å². The van der Waals surface area contributed by atoms with E-state index in [1.54, 1.807) is 18.5 Å². The first-order chi connectivity index (χ1) is 14.3. The van der Waals surface area contributed by atoms with Gasteiger partial charge in [-0.25, -0.2) is 0 Å². The molecule has 7 nitrogen and oxygen atoms in total. The van der Waals surface area contributed by atoms with Crippen LogP contribution in [0.25, 0.3) is 0 Å². The summed E-state index contributed by atoms with van der Waals surface area (Å²) in [6.45, 7) is 7.87. The predicted octanol–water partition coefficient (Wildman–Crippen LogP) is 2.71. The van der Waals surface area contributed by atoms with Crippen LogP contribution in [0.3, 0.4) is 0 Å². The van der Waals surface area contributed by atoms with Crippen LogP contribution in [0.4, 0.5) is 5.69 Å². The smallest absolute Gasteiger partial charge is 0.254 e. The first-order valence-corrected chi connectivity index (χ1v) is 10.2. The van der Waals surface area contributed by atoms with Crippen molar-refractivity contribution in [1.82, 2.24) is 14.8 Å². The molecule has 2 atom stereocenters. The number of nitrogens with zero attached hydrogens (tertiary/aromatic N) is 3. The Morgan fingerprint density at radius 1 is 1.23 bits per heavy atom. The van der Waals surface area contributed by atoms with Crippen LogP contribution >= 0.6 is 0 Å². The summed E-state index contributed by atoms with van der Waals surface area (Å²) >= 11 is 0. The van der Waals surface area contributed by atoms with Gasteiger partial charge in [-0.2, -0.15) is 0 Å². The lowest BCUT2D eigenvalue weighted by atomic mass is 10.1. The maximum Gasteiger partial charge on any atom is 0.254 e. The van der Waals surface area contributed by atoms with Crippen molar-refractivity contribution < 1.29 is 14.3 Å². The largest absolute Gasteiger partial charge is 0.372 e. The van der Waals surface area contributed by atoms with Gasteiger partial charge in [-0.1, -0.05) is 12.1 Å². The number of hydrogen-bond donors (Lipinski definition) is 1. The number of morpholine rings is 1. The minimum atomic E-state index is -0.122. The fourth-order valence-corrected chi connectivity index (χ4v) is 3.71. The van der Waals surface area contributed by atoms with Crippen molar-refractivity contribution in [2.24, 2.45) is 0 Å². The summed E-state index contributed by atoms with van der Waals surface area (Å²) in [5.41, 5.74) is 3.19. The van der Waals surface area contributed by atoms with Gasteiger partial charge in [-0.05, 0) is 57.1 Å². The Bertz CT molecular complexity index is 877. The fourth-order valence-electron chi connectivity index (χ4n) is 3.71. The van der Waals surface area contributed by atoms with Crippen molar-refractivity contribution in [1.29, 1.82) is 0 Å². The van der Waals surface area contributed by atoms with Gasteiger partial charge in [-0.15, -0.1) is 0 Å². The third-order valence-electron chi connectivity index (χ3n) is 5.05. The zero-order valence-corrected chi connectivity index (χ0v) is 18.1. The van der Waals surface area contributed by atoms with E-state index in [2.05, 4.69) is 10.3 Å². The average molecular weight is 411 g/mol. The van der Waals surface area contributed by atoms with Crippen molar-refractivity contribution in [3.63, 3.8) is 0 Å². The number of anilines is 1. The highest BCUT2D eigenvalue weighted by atomic mass is 16.5. The number of pyridine rings is 1. The third kappa shape index (κ3) is 5.87. The lowest BCUT2D eigenvalue weighted by Crippen LogP contribution is -2.48. The highest BCUT2D eigenvalue weighted by molar-refractivity contribution is 5.98. The summed E-state index contributed by atoms with van der Waals surface area (Å²) < 4.78 is 5.72. The summed E-state index contributed by atoms with van der Waals surface area (Å²) in [6.07, 6.45) is 3.54. The molecule has 1 N–H and O–H groups in total. The molecule has 3 rings (SSSR count). The van der Waals surface area contributed by atoms with Gasteiger partial charge in [0.1, 0.15) is 0 Å². The van der Waals surface area contributed by atoms with Crippen LogP contribution in [0.2, 0.25) is 0 Å². The highest BCUT2D eigenvalue weighted by Crippen LogP contribution is 2.20. The lowest BCUT2D eigenvalue weighted by molar-refractivity contribution is -0.117. The number of likely N-dealkylation sites (N-methyl/N-ethyl adjacent to an activating group) is 1. The Kier molecular flexibility index (Phi) is 7.18. The topological polar surface area (TPSA) is 74.8 Å². The van der Waals surface area contributed by atoms with Gasteiger partial charge in [0.25, 0.3) is 5.91 Å². The summed E-state index contributed by atoms with van der Waals surface area (Å²) in [7, 11) is 1.89. The van der Waals surface area contributed by atoms with Gasteiger partial charge < -0.3 is 15.0 Å². The maximum absolute atomic E-state index is 13.0. The highest BCUT2D eigenvalue weighted by Gasteiger charge is 2.27. The van der Waals surface area contributed by atoms with Crippen LogP contribution in [0.15, 0.2) is 42.7 Å². The molecule has 1 saturated heterocycles. The molecular weight excluding hydrogens is 380 g/mol. The van der Waals surface area contributed by atoms with E-state index in [0.717, 1.165) is 11.1 Å². The van der Waals surface area contributed by atoms with E-state index in [0.29, 0.717) is 30.9 Å². The molecule has 0 saturated carbocycles. The molecule has 1 aliphatic heterocycles. The van der Waals surface area contributed by atoms with Gasteiger partial charge >= 0.3 is 0 Å². The Hall–Kier alpha value is -2.77. The van der Waals surface area contributed by atoms with Gasteiger partial charge in [0.2, 0.25) is 5.91 Å². The molecule has 30 heavy (non-hydrogen) atoms. The van der Waals surface area contributed by atoms with Crippen LogP contribution in [0, 0.1) is 6.92 Å². The molecule has 2 amide bonds. The number of amides is 2. The third-order valence-corrected chi connectivity index (χ3v) is 5.05. The zero-order valence-electron chi connectivity index (χ0n) is 18.1. The monoisotopic (exact) mass is 410 g/mol. The predicted molar refractivity (Wildman–Crippen MR) is 116 cm³/mol. The quantitative estimate of drug-likeness (QED) is 0.793. The van der Waals surface area contributed by atoms with Crippen LogP contribution in [0.1, 0.15) is 35.3 Å². The molecule has 160 valence electrons. The summed E-state index contributed by atoms with van der Waals surface area (Å²) in [5, 5.41) is 2.95. The van der Waals surface area contributed by atoms with Gasteiger partial charge in [0, 0.05) is 43.3 Å².